The number of aromatic hydroxyl groups is 2. The molecule has 1 aromatic carbocycles. The molecule has 1 saturated heterocycles. The van der Waals surface area contributed by atoms with Crippen LogP contribution in [0.15, 0.2) is 18.2 Å². The molecule has 0 radical (unpaired) electrons. The number of rotatable bonds is 4. The molecule has 1 aliphatic heterocycles. The molecule has 23 heavy (non-hydrogen) atoms. The number of cyclic esters (lactones) is 1. The molecule has 7 nitrogen and oxygen atoms in total. The van der Waals surface area contributed by atoms with E-state index in [0.29, 0.717) is 0 Å². The first kappa shape index (κ1) is 15.8. The zero-order chi connectivity index (χ0) is 16.8. The number of Topliss-reactive ketones (excluding diaryl/α,β-unsaturated/α-hetero) is 1. The molecule has 4 N–H and O–H groups in total. The summed E-state index contributed by atoms with van der Waals surface area (Å²) in [6.45, 7) is -0.609. The fourth-order valence-electron chi connectivity index (χ4n) is 3.86. The number of esters is 1. The molecule has 0 aromatic heterocycles. The van der Waals surface area contributed by atoms with Crippen LogP contribution in [0.4, 0.5) is 0 Å². The maximum Gasteiger partial charge on any atom is 0.313 e. The van der Waals surface area contributed by atoms with Crippen molar-refractivity contribution in [3.05, 3.63) is 23.8 Å². The van der Waals surface area contributed by atoms with Crippen molar-refractivity contribution in [1.29, 1.82) is 0 Å². The van der Waals surface area contributed by atoms with Crippen molar-refractivity contribution in [3.63, 3.8) is 0 Å². The molecule has 2 fully saturated rings. The lowest BCUT2D eigenvalue weighted by atomic mass is 9.64. The lowest BCUT2D eigenvalue weighted by Crippen LogP contribution is -2.48. The van der Waals surface area contributed by atoms with E-state index in [0.717, 1.165) is 6.07 Å². The number of phenols is 2. The van der Waals surface area contributed by atoms with Crippen LogP contribution in [0.25, 0.3) is 0 Å². The van der Waals surface area contributed by atoms with E-state index in [-0.39, 0.29) is 42.9 Å². The van der Waals surface area contributed by atoms with Gasteiger partial charge in [-0.3, -0.25) is 9.59 Å². The third kappa shape index (κ3) is 2.04. The number of carbonyl (C=O) groups is 2. The van der Waals surface area contributed by atoms with Crippen LogP contribution in [0.3, 0.4) is 0 Å². The predicted octanol–water partition coefficient (Wildman–Crippen LogP) is 0.347. The van der Waals surface area contributed by atoms with Crippen LogP contribution in [-0.4, -0.2) is 51.5 Å². The van der Waals surface area contributed by atoms with E-state index >= 15 is 0 Å². The largest absolute Gasteiger partial charge is 0.508 e. The molecule has 1 aliphatic carbocycles. The monoisotopic (exact) mass is 322 g/mol. The van der Waals surface area contributed by atoms with Gasteiger partial charge in [-0.15, -0.1) is 0 Å². The van der Waals surface area contributed by atoms with Gasteiger partial charge < -0.3 is 25.2 Å². The Balaban J connectivity index is 1.98. The quantitative estimate of drug-likeness (QED) is 0.358. The number of benzene rings is 1. The summed E-state index contributed by atoms with van der Waals surface area (Å²) in [6, 6.07) is 3.56. The van der Waals surface area contributed by atoms with Gasteiger partial charge >= 0.3 is 5.97 Å². The Morgan fingerprint density at radius 1 is 1.35 bits per heavy atom. The van der Waals surface area contributed by atoms with E-state index in [9.17, 15) is 30.0 Å². The number of hydrogen-bond acceptors (Lipinski definition) is 7. The number of hydrogen-bond donors (Lipinski definition) is 4. The summed E-state index contributed by atoms with van der Waals surface area (Å²) < 4.78 is 5.06. The number of aliphatic hydroxyl groups is 2. The topological polar surface area (TPSA) is 124 Å². The fourth-order valence-corrected chi connectivity index (χ4v) is 3.86. The smallest absolute Gasteiger partial charge is 0.313 e. The minimum Gasteiger partial charge on any atom is -0.508 e. The van der Waals surface area contributed by atoms with Crippen molar-refractivity contribution in [1.82, 2.24) is 0 Å². The highest BCUT2D eigenvalue weighted by Gasteiger charge is 2.69. The van der Waals surface area contributed by atoms with E-state index in [1.807, 2.05) is 0 Å². The van der Waals surface area contributed by atoms with Gasteiger partial charge in [0.25, 0.3) is 0 Å². The zero-order valence-electron chi connectivity index (χ0n) is 12.4. The Morgan fingerprint density at radius 2 is 2.09 bits per heavy atom. The molecule has 2 aliphatic rings. The minimum atomic E-state index is -1.31. The number of carbonyl (C=O) groups excluding carboxylic acids is 2. The second-order valence-electron chi connectivity index (χ2n) is 6.33. The Bertz CT molecular complexity index is 670. The average Bonchev–Trinajstić information content (AvgIpc) is 2.96. The normalized spacial score (nSPS) is 32.6. The third-order valence-electron chi connectivity index (χ3n) is 5.31. The second kappa shape index (κ2) is 5.21. The molecule has 124 valence electrons. The number of aliphatic hydroxyl groups excluding tert-OH is 2. The molecule has 1 aromatic rings. The third-order valence-corrected chi connectivity index (χ3v) is 5.31. The van der Waals surface area contributed by atoms with Gasteiger partial charge in [-0.2, -0.15) is 0 Å². The van der Waals surface area contributed by atoms with E-state index < -0.39 is 35.3 Å². The lowest BCUT2D eigenvalue weighted by molar-refractivity contribution is -0.147. The molecule has 1 saturated carbocycles. The fraction of sp³-hybridized carbons (Fsp3) is 0.500. The molecule has 0 bridgehead atoms. The van der Waals surface area contributed by atoms with Crippen molar-refractivity contribution >= 4 is 11.8 Å². The number of phenolic OH excluding ortho intramolecular Hbond substituents is 2. The van der Waals surface area contributed by atoms with Gasteiger partial charge in [0, 0.05) is 6.42 Å². The Labute approximate surface area is 132 Å². The number of fused-ring (bicyclic) bond motifs is 1. The molecule has 0 amide bonds. The molecule has 3 unspecified atom stereocenters. The summed E-state index contributed by atoms with van der Waals surface area (Å²) in [7, 11) is 0. The minimum absolute atomic E-state index is 0.104. The van der Waals surface area contributed by atoms with E-state index in [1.165, 1.54) is 12.1 Å². The van der Waals surface area contributed by atoms with Crippen LogP contribution in [0, 0.1) is 10.8 Å². The molecular weight excluding hydrogens is 304 g/mol. The summed E-state index contributed by atoms with van der Waals surface area (Å²) in [5.41, 5.74) is -2.62. The van der Waals surface area contributed by atoms with Gasteiger partial charge in [0.15, 0.2) is 5.78 Å². The van der Waals surface area contributed by atoms with Crippen molar-refractivity contribution in [2.75, 3.05) is 13.2 Å². The van der Waals surface area contributed by atoms with E-state index in [4.69, 9.17) is 4.74 Å². The van der Waals surface area contributed by atoms with Gasteiger partial charge in [-0.05, 0) is 31.0 Å². The summed E-state index contributed by atoms with van der Waals surface area (Å²) in [5.74, 6) is -1.65. The summed E-state index contributed by atoms with van der Waals surface area (Å²) in [4.78, 5) is 24.9. The first-order valence-corrected chi connectivity index (χ1v) is 7.38. The first-order chi connectivity index (χ1) is 10.9. The average molecular weight is 322 g/mol. The number of ketones is 1. The van der Waals surface area contributed by atoms with Crippen LogP contribution in [0.2, 0.25) is 0 Å². The maximum absolute atomic E-state index is 12.6. The van der Waals surface area contributed by atoms with Crippen LogP contribution in [0.1, 0.15) is 29.6 Å². The predicted molar refractivity (Wildman–Crippen MR) is 76.9 cm³/mol. The van der Waals surface area contributed by atoms with Crippen molar-refractivity contribution in [2.24, 2.45) is 10.8 Å². The van der Waals surface area contributed by atoms with Crippen molar-refractivity contribution < 1.29 is 34.8 Å². The highest BCUT2D eigenvalue weighted by molar-refractivity contribution is 6.02. The van der Waals surface area contributed by atoms with Gasteiger partial charge in [-0.1, -0.05) is 0 Å². The van der Waals surface area contributed by atoms with Crippen LogP contribution in [-0.2, 0) is 9.53 Å². The first-order valence-electron chi connectivity index (χ1n) is 7.38. The highest BCUT2D eigenvalue weighted by atomic mass is 16.5. The maximum atomic E-state index is 12.6. The Hall–Kier alpha value is -2.12. The molecule has 3 atom stereocenters. The van der Waals surface area contributed by atoms with E-state index in [2.05, 4.69) is 0 Å². The molecule has 0 spiro atoms. The molecule has 3 rings (SSSR count). The second-order valence-corrected chi connectivity index (χ2v) is 6.33. The number of ether oxygens (including phenoxy) is 1. The van der Waals surface area contributed by atoms with Gasteiger partial charge in [0.2, 0.25) is 0 Å². The summed E-state index contributed by atoms with van der Waals surface area (Å²) >= 11 is 0. The Kier molecular flexibility index (Phi) is 3.57. The van der Waals surface area contributed by atoms with Crippen molar-refractivity contribution in [2.45, 2.75) is 25.4 Å². The van der Waals surface area contributed by atoms with Crippen LogP contribution < -0.4 is 0 Å². The summed E-state index contributed by atoms with van der Waals surface area (Å²) in [5, 5.41) is 39.3. The van der Waals surface area contributed by atoms with Gasteiger partial charge in [0.05, 0.1) is 29.1 Å². The molecule has 7 heteroatoms. The van der Waals surface area contributed by atoms with Crippen molar-refractivity contribution in [3.8, 4) is 11.5 Å². The molecular formula is C16H18O7. The Morgan fingerprint density at radius 3 is 2.78 bits per heavy atom. The van der Waals surface area contributed by atoms with Gasteiger partial charge in [-0.25, -0.2) is 0 Å². The summed E-state index contributed by atoms with van der Waals surface area (Å²) in [6.07, 6.45) is -0.738. The van der Waals surface area contributed by atoms with Crippen LogP contribution in [0.5, 0.6) is 11.5 Å². The lowest BCUT2D eigenvalue weighted by Gasteiger charge is -2.35. The standard InChI is InChI=1S/C16H18O7/c17-7-16-8-23-14(22)15(16,4-3-13(16)21)6-12(20)10-5-9(18)1-2-11(10)19/h1-2,5,13,17-19,21H,3-4,6-8H2. The SMILES string of the molecule is O=C(CC12CCC(O)C1(CO)COC2=O)c1cc(O)ccc1O. The highest BCUT2D eigenvalue weighted by Crippen LogP contribution is 2.59. The van der Waals surface area contributed by atoms with Crippen LogP contribution >= 0.6 is 0 Å². The van der Waals surface area contributed by atoms with Gasteiger partial charge in [0.1, 0.15) is 18.1 Å². The van der Waals surface area contributed by atoms with E-state index in [1.54, 1.807) is 0 Å². The zero-order valence-corrected chi connectivity index (χ0v) is 12.4. The molecule has 1 heterocycles.